The second-order valence-electron chi connectivity index (χ2n) is 6.71. The van der Waals surface area contributed by atoms with Crippen molar-refractivity contribution < 1.29 is 14.3 Å². The molecule has 0 aliphatic heterocycles. The molecule has 29 heavy (non-hydrogen) atoms. The van der Waals surface area contributed by atoms with E-state index < -0.39 is 0 Å². The number of ether oxygens (including phenoxy) is 1. The summed E-state index contributed by atoms with van der Waals surface area (Å²) in [6, 6.07) is 20.9. The fourth-order valence-electron chi connectivity index (χ4n) is 2.97. The van der Waals surface area contributed by atoms with E-state index in [2.05, 4.69) is 5.32 Å². The largest absolute Gasteiger partial charge is 0.492 e. The first-order valence-corrected chi connectivity index (χ1v) is 9.76. The van der Waals surface area contributed by atoms with Gasteiger partial charge >= 0.3 is 0 Å². The Kier molecular flexibility index (Phi) is 7.09. The number of hydrogen-bond donors (Lipinski definition) is 1. The van der Waals surface area contributed by atoms with Crippen LogP contribution in [0.25, 0.3) is 10.8 Å². The maximum Gasteiger partial charge on any atom is 0.241 e. The van der Waals surface area contributed by atoms with Gasteiger partial charge in [-0.2, -0.15) is 0 Å². The van der Waals surface area contributed by atoms with Crippen molar-refractivity contribution in [2.45, 2.75) is 6.42 Å². The summed E-state index contributed by atoms with van der Waals surface area (Å²) >= 11 is 5.91. The normalized spacial score (nSPS) is 10.6. The van der Waals surface area contributed by atoms with Crippen molar-refractivity contribution in [3.05, 3.63) is 77.3 Å². The van der Waals surface area contributed by atoms with E-state index in [0.717, 1.165) is 16.3 Å². The van der Waals surface area contributed by atoms with Gasteiger partial charge in [-0.1, -0.05) is 60.1 Å². The molecule has 3 rings (SSSR count). The zero-order valence-electron chi connectivity index (χ0n) is 16.2. The van der Waals surface area contributed by atoms with Gasteiger partial charge in [0, 0.05) is 12.1 Å². The predicted octanol–water partition coefficient (Wildman–Crippen LogP) is 3.69. The van der Waals surface area contributed by atoms with Crippen molar-refractivity contribution >= 4 is 34.2 Å². The van der Waals surface area contributed by atoms with Crippen LogP contribution in [-0.4, -0.2) is 43.5 Å². The first-order chi connectivity index (χ1) is 14.0. The van der Waals surface area contributed by atoms with Crippen molar-refractivity contribution in [3.8, 4) is 5.75 Å². The number of hydrogen-bond acceptors (Lipinski definition) is 3. The van der Waals surface area contributed by atoms with Gasteiger partial charge in [0.15, 0.2) is 0 Å². The number of nitrogens with one attached hydrogen (secondary N) is 1. The number of likely N-dealkylation sites (N-methyl/N-ethyl adjacent to an activating group) is 1. The number of halogens is 1. The van der Waals surface area contributed by atoms with E-state index in [1.54, 1.807) is 31.3 Å². The lowest BCUT2D eigenvalue weighted by molar-refractivity contribution is -0.131. The molecule has 0 aromatic heterocycles. The lowest BCUT2D eigenvalue weighted by Crippen LogP contribution is -2.40. The Morgan fingerprint density at radius 2 is 1.79 bits per heavy atom. The molecule has 1 N–H and O–H groups in total. The van der Waals surface area contributed by atoms with E-state index in [9.17, 15) is 9.59 Å². The van der Waals surface area contributed by atoms with Crippen molar-refractivity contribution in [1.82, 2.24) is 10.2 Å². The summed E-state index contributed by atoms with van der Waals surface area (Å²) in [4.78, 5) is 26.1. The second kappa shape index (κ2) is 9.94. The van der Waals surface area contributed by atoms with E-state index in [-0.39, 0.29) is 24.8 Å². The van der Waals surface area contributed by atoms with Crippen LogP contribution >= 0.6 is 11.6 Å². The molecule has 0 aliphatic carbocycles. The third-order valence-electron chi connectivity index (χ3n) is 4.58. The molecule has 0 saturated heterocycles. The summed E-state index contributed by atoms with van der Waals surface area (Å²) in [5.74, 6) is 0.297. The number of carbonyl (C=O) groups excluding carboxylic acids is 2. The third-order valence-corrected chi connectivity index (χ3v) is 4.82. The molecule has 5 nitrogen and oxygen atoms in total. The average molecular weight is 411 g/mol. The van der Waals surface area contributed by atoms with Crippen molar-refractivity contribution in [1.29, 1.82) is 0 Å². The number of nitrogens with zero attached hydrogens (tertiary/aromatic N) is 1. The van der Waals surface area contributed by atoms with Crippen LogP contribution in [0, 0.1) is 0 Å². The topological polar surface area (TPSA) is 58.6 Å². The molecule has 3 aromatic carbocycles. The van der Waals surface area contributed by atoms with Crippen LogP contribution in [-0.2, 0) is 16.0 Å². The van der Waals surface area contributed by atoms with Crippen LogP contribution in [0.4, 0.5) is 0 Å². The minimum atomic E-state index is -0.182. The molecule has 2 amide bonds. The van der Waals surface area contributed by atoms with Crippen LogP contribution in [0.2, 0.25) is 5.02 Å². The zero-order valence-corrected chi connectivity index (χ0v) is 17.0. The van der Waals surface area contributed by atoms with Gasteiger partial charge in [0.05, 0.1) is 19.5 Å². The van der Waals surface area contributed by atoms with Gasteiger partial charge in [0.2, 0.25) is 11.8 Å². The highest BCUT2D eigenvalue weighted by Gasteiger charge is 2.12. The Labute approximate surface area is 175 Å². The Morgan fingerprint density at radius 1 is 1.03 bits per heavy atom. The molecule has 0 heterocycles. The summed E-state index contributed by atoms with van der Waals surface area (Å²) in [5.41, 5.74) is 0.941. The van der Waals surface area contributed by atoms with Crippen molar-refractivity contribution in [2.75, 3.05) is 26.7 Å². The summed E-state index contributed by atoms with van der Waals surface area (Å²) in [5, 5.41) is 5.44. The summed E-state index contributed by atoms with van der Waals surface area (Å²) in [7, 11) is 1.68. The maximum atomic E-state index is 12.3. The fraction of sp³-hybridized carbons (Fsp3) is 0.217. The Bertz CT molecular complexity index is 1000. The maximum absolute atomic E-state index is 12.3. The van der Waals surface area contributed by atoms with Gasteiger partial charge in [-0.25, -0.2) is 0 Å². The van der Waals surface area contributed by atoms with Crippen LogP contribution in [0.15, 0.2) is 66.7 Å². The Morgan fingerprint density at radius 3 is 2.62 bits per heavy atom. The van der Waals surface area contributed by atoms with Gasteiger partial charge < -0.3 is 15.0 Å². The van der Waals surface area contributed by atoms with Crippen LogP contribution in [0.1, 0.15) is 5.56 Å². The number of benzene rings is 3. The van der Waals surface area contributed by atoms with Crippen molar-refractivity contribution in [3.63, 3.8) is 0 Å². The molecule has 0 unspecified atom stereocenters. The highest BCUT2D eigenvalue weighted by Crippen LogP contribution is 2.19. The summed E-state index contributed by atoms with van der Waals surface area (Å²) < 4.78 is 5.59. The molecule has 0 atom stereocenters. The van der Waals surface area contributed by atoms with E-state index in [1.807, 2.05) is 42.5 Å². The van der Waals surface area contributed by atoms with Crippen LogP contribution < -0.4 is 10.1 Å². The van der Waals surface area contributed by atoms with Gasteiger partial charge in [-0.3, -0.25) is 9.59 Å². The summed E-state index contributed by atoms with van der Waals surface area (Å²) in [6.07, 6.45) is 0.232. The lowest BCUT2D eigenvalue weighted by Gasteiger charge is -2.18. The first kappa shape index (κ1) is 20.7. The van der Waals surface area contributed by atoms with Crippen LogP contribution in [0.5, 0.6) is 5.75 Å². The minimum Gasteiger partial charge on any atom is -0.492 e. The first-order valence-electron chi connectivity index (χ1n) is 9.38. The Balaban J connectivity index is 1.43. The molecule has 0 bridgehead atoms. The minimum absolute atomic E-state index is 0.0444. The van der Waals surface area contributed by atoms with Gasteiger partial charge in [0.1, 0.15) is 12.4 Å². The number of fused-ring (bicyclic) bond motifs is 1. The Hall–Kier alpha value is -3.05. The monoisotopic (exact) mass is 410 g/mol. The third kappa shape index (κ3) is 5.96. The number of rotatable bonds is 8. The smallest absolute Gasteiger partial charge is 0.241 e. The zero-order chi connectivity index (χ0) is 20.6. The number of amides is 2. The SMILES string of the molecule is CN(CCOc1cccc(Cl)c1)C(=O)CNC(=O)Cc1cccc2ccccc12. The number of carbonyl (C=O) groups is 2. The molecule has 0 aliphatic rings. The van der Waals surface area contributed by atoms with E-state index in [4.69, 9.17) is 16.3 Å². The highest BCUT2D eigenvalue weighted by atomic mass is 35.5. The highest BCUT2D eigenvalue weighted by molar-refractivity contribution is 6.30. The standard InChI is InChI=1S/C23H23ClN2O3/c1-26(12-13-29-20-10-5-9-19(24)15-20)23(28)16-25-22(27)14-18-8-4-7-17-6-2-3-11-21(17)18/h2-11,15H,12-14,16H2,1H3,(H,25,27). The van der Waals surface area contributed by atoms with Crippen LogP contribution in [0.3, 0.4) is 0 Å². The van der Waals surface area contributed by atoms with E-state index in [0.29, 0.717) is 23.9 Å². The molecule has 0 radical (unpaired) electrons. The second-order valence-corrected chi connectivity index (χ2v) is 7.15. The average Bonchev–Trinajstić information content (AvgIpc) is 2.72. The van der Waals surface area contributed by atoms with Crippen molar-refractivity contribution in [2.24, 2.45) is 0 Å². The molecule has 150 valence electrons. The molecular weight excluding hydrogens is 388 g/mol. The van der Waals surface area contributed by atoms with E-state index >= 15 is 0 Å². The lowest BCUT2D eigenvalue weighted by atomic mass is 10.0. The van der Waals surface area contributed by atoms with Gasteiger partial charge in [-0.05, 0) is 34.5 Å². The molecule has 0 saturated carbocycles. The quantitative estimate of drug-likeness (QED) is 0.616. The van der Waals surface area contributed by atoms with Gasteiger partial charge in [0.25, 0.3) is 0 Å². The van der Waals surface area contributed by atoms with Gasteiger partial charge in [-0.15, -0.1) is 0 Å². The molecule has 6 heteroatoms. The fourth-order valence-corrected chi connectivity index (χ4v) is 3.15. The predicted molar refractivity (Wildman–Crippen MR) is 115 cm³/mol. The molecule has 0 fully saturated rings. The summed E-state index contributed by atoms with van der Waals surface area (Å²) in [6.45, 7) is 0.703. The molecule has 0 spiro atoms. The van der Waals surface area contributed by atoms with E-state index in [1.165, 1.54) is 4.90 Å². The molecular formula is C23H23ClN2O3. The molecule has 3 aromatic rings.